The number of nitrogens with zero attached hydrogens (tertiary/aromatic N) is 4. The predicted molar refractivity (Wildman–Crippen MR) is 116 cm³/mol. The molecule has 3 N–H and O–H groups in total. The number of aromatic nitrogens is 3. The van der Waals surface area contributed by atoms with Crippen LogP contribution in [0.15, 0.2) is 63.1 Å². The van der Waals surface area contributed by atoms with Crippen LogP contribution in [0.2, 0.25) is 0 Å². The van der Waals surface area contributed by atoms with Crippen LogP contribution in [0.4, 0.5) is 4.79 Å². The zero-order chi connectivity index (χ0) is 21.9. The number of hydroxylamine groups is 2. The number of carbonyl (C=O) groups excluding carboxylic acids is 1. The average Bonchev–Trinajstić information content (AvgIpc) is 3.12. The van der Waals surface area contributed by atoms with Gasteiger partial charge in [0.05, 0.1) is 17.1 Å². The lowest BCUT2D eigenvalue weighted by atomic mass is 10.2. The summed E-state index contributed by atoms with van der Waals surface area (Å²) < 4.78 is 26.0. The second-order valence-electron chi connectivity index (χ2n) is 6.21. The third-order valence-electron chi connectivity index (χ3n) is 3.99. The van der Waals surface area contributed by atoms with E-state index in [4.69, 9.17) is 5.73 Å². The smallest absolute Gasteiger partial charge is 0.338 e. The first kappa shape index (κ1) is 22.3. The van der Waals surface area contributed by atoms with Crippen LogP contribution < -0.4 is 5.73 Å². The van der Waals surface area contributed by atoms with Crippen LogP contribution in [-0.2, 0) is 9.84 Å². The highest BCUT2D eigenvalue weighted by Crippen LogP contribution is 2.26. The molecule has 158 valence electrons. The van der Waals surface area contributed by atoms with Gasteiger partial charge in [-0.25, -0.2) is 27.9 Å². The zero-order valence-electron chi connectivity index (χ0n) is 15.8. The molecule has 0 aliphatic heterocycles. The van der Waals surface area contributed by atoms with E-state index >= 15 is 0 Å². The molecule has 0 unspecified atom stereocenters. The molecule has 0 aliphatic carbocycles. The summed E-state index contributed by atoms with van der Waals surface area (Å²) in [5.74, 6) is 0.892. The van der Waals surface area contributed by atoms with Gasteiger partial charge >= 0.3 is 6.03 Å². The first-order valence-corrected chi connectivity index (χ1v) is 12.2. The maximum atomic E-state index is 11.7. The molecule has 3 aromatic rings. The molecule has 2 aromatic carbocycles. The Morgan fingerprint density at radius 2 is 1.83 bits per heavy atom. The van der Waals surface area contributed by atoms with Crippen LogP contribution in [0.3, 0.4) is 0 Å². The second kappa shape index (κ2) is 9.16. The van der Waals surface area contributed by atoms with Crippen LogP contribution in [0.25, 0.3) is 17.1 Å². The number of carbonyl (C=O) groups is 1. The molecule has 0 radical (unpaired) electrons. The Morgan fingerprint density at radius 3 is 2.40 bits per heavy atom. The van der Waals surface area contributed by atoms with Gasteiger partial charge in [-0.05, 0) is 36.4 Å². The minimum Gasteiger partial charge on any atom is -0.350 e. The summed E-state index contributed by atoms with van der Waals surface area (Å²) in [6.45, 7) is 0.0191. The Kier molecular flexibility index (Phi) is 6.81. The Bertz CT molecular complexity index is 1150. The molecule has 9 nitrogen and oxygen atoms in total. The minimum absolute atomic E-state index is 0.0191. The van der Waals surface area contributed by atoms with Gasteiger partial charge in [0, 0.05) is 22.0 Å². The van der Waals surface area contributed by atoms with E-state index in [1.54, 1.807) is 16.8 Å². The molecule has 0 atom stereocenters. The zero-order valence-corrected chi connectivity index (χ0v) is 19.0. The van der Waals surface area contributed by atoms with Crippen molar-refractivity contribution in [2.24, 2.45) is 5.73 Å². The molecular formula is C18H18BrN5O4S2. The van der Waals surface area contributed by atoms with Crippen molar-refractivity contribution in [3.05, 3.63) is 53.0 Å². The number of benzene rings is 2. The van der Waals surface area contributed by atoms with Gasteiger partial charge < -0.3 is 5.73 Å². The van der Waals surface area contributed by atoms with E-state index in [-0.39, 0.29) is 11.4 Å². The van der Waals surface area contributed by atoms with Crippen LogP contribution in [0, 0.1) is 0 Å². The second-order valence-corrected chi connectivity index (χ2v) is 10.2. The Labute approximate surface area is 185 Å². The molecule has 12 heteroatoms. The molecule has 0 saturated carbocycles. The maximum absolute atomic E-state index is 11.7. The lowest BCUT2D eigenvalue weighted by Gasteiger charge is -2.09. The number of amides is 2. The number of thioether (sulfide) groups is 1. The first-order valence-electron chi connectivity index (χ1n) is 8.57. The van der Waals surface area contributed by atoms with E-state index in [2.05, 4.69) is 26.0 Å². The molecule has 0 fully saturated rings. The van der Waals surface area contributed by atoms with Crippen LogP contribution in [0.1, 0.15) is 0 Å². The molecule has 0 bridgehead atoms. The molecule has 30 heavy (non-hydrogen) atoms. The summed E-state index contributed by atoms with van der Waals surface area (Å²) in [6, 6.07) is 12.9. The molecule has 0 spiro atoms. The predicted octanol–water partition coefficient (Wildman–Crippen LogP) is 2.96. The third-order valence-corrected chi connectivity index (χ3v) is 6.46. The highest BCUT2D eigenvalue weighted by atomic mass is 79.9. The van der Waals surface area contributed by atoms with Gasteiger partial charge in [-0.3, -0.25) is 5.21 Å². The van der Waals surface area contributed by atoms with Gasteiger partial charge in [-0.1, -0.05) is 39.8 Å². The highest BCUT2D eigenvalue weighted by molar-refractivity contribution is 9.10. The standard InChI is InChI=1S/C18H18BrN5O4S2/c1-30(27,28)15-8-6-14(7-9-15)24-16(12-2-4-13(19)5-3-12)21-18(22-24)29-11-10-23(26)17(20)25/h2-9,26H,10-11H2,1H3,(H2,20,25). The van der Waals surface area contributed by atoms with Gasteiger partial charge in [-0.2, -0.15) is 0 Å². The van der Waals surface area contributed by atoms with Crippen molar-refractivity contribution in [3.8, 4) is 17.1 Å². The van der Waals surface area contributed by atoms with Crippen LogP contribution in [0.5, 0.6) is 0 Å². The van der Waals surface area contributed by atoms with Crippen molar-refractivity contribution < 1.29 is 18.4 Å². The number of rotatable bonds is 7. The number of hydrogen-bond donors (Lipinski definition) is 2. The fraction of sp³-hybridized carbons (Fsp3) is 0.167. The third kappa shape index (κ3) is 5.39. The number of urea groups is 1. The highest BCUT2D eigenvalue weighted by Gasteiger charge is 2.16. The number of sulfone groups is 1. The quantitative estimate of drug-likeness (QED) is 0.283. The van der Waals surface area contributed by atoms with Gasteiger partial charge in [0.1, 0.15) is 0 Å². The molecule has 0 saturated heterocycles. The van der Waals surface area contributed by atoms with E-state index in [1.807, 2.05) is 24.3 Å². The monoisotopic (exact) mass is 511 g/mol. The SMILES string of the molecule is CS(=O)(=O)c1ccc(-n2nc(SCCN(O)C(N)=O)nc2-c2ccc(Br)cc2)cc1. The summed E-state index contributed by atoms with van der Waals surface area (Å²) in [4.78, 5) is 15.7. The largest absolute Gasteiger partial charge is 0.350 e. The lowest BCUT2D eigenvalue weighted by Crippen LogP contribution is -2.34. The van der Waals surface area contributed by atoms with E-state index < -0.39 is 15.9 Å². The summed E-state index contributed by atoms with van der Waals surface area (Å²) in [7, 11) is -3.31. The van der Waals surface area contributed by atoms with Crippen LogP contribution >= 0.6 is 27.7 Å². The molecular weight excluding hydrogens is 494 g/mol. The normalized spacial score (nSPS) is 11.4. The Hall–Kier alpha value is -2.41. The van der Waals surface area contributed by atoms with E-state index in [0.29, 0.717) is 27.5 Å². The fourth-order valence-electron chi connectivity index (χ4n) is 2.49. The molecule has 0 aliphatic rings. The Balaban J connectivity index is 1.94. The van der Waals surface area contributed by atoms with Crippen molar-refractivity contribution in [3.63, 3.8) is 0 Å². The van der Waals surface area contributed by atoms with Crippen molar-refractivity contribution >= 4 is 43.6 Å². The number of hydrogen-bond acceptors (Lipinski definition) is 7. The van der Waals surface area contributed by atoms with Gasteiger partial charge in [0.25, 0.3) is 0 Å². The number of halogens is 1. The van der Waals surface area contributed by atoms with Crippen molar-refractivity contribution in [2.45, 2.75) is 10.1 Å². The van der Waals surface area contributed by atoms with Gasteiger partial charge in [-0.15, -0.1) is 5.10 Å². The summed E-state index contributed by atoms with van der Waals surface area (Å²) in [5, 5.41) is 14.7. The van der Waals surface area contributed by atoms with E-state index in [1.165, 1.54) is 23.9 Å². The van der Waals surface area contributed by atoms with Crippen molar-refractivity contribution in [1.29, 1.82) is 0 Å². The molecule has 3 rings (SSSR count). The van der Waals surface area contributed by atoms with Crippen molar-refractivity contribution in [1.82, 2.24) is 19.8 Å². The summed E-state index contributed by atoms with van der Waals surface area (Å²) >= 11 is 4.65. The van der Waals surface area contributed by atoms with Crippen molar-refractivity contribution in [2.75, 3.05) is 18.6 Å². The minimum atomic E-state index is -3.31. The summed E-state index contributed by atoms with van der Waals surface area (Å²) in [5.41, 5.74) is 6.45. The first-order chi connectivity index (χ1) is 14.1. The van der Waals surface area contributed by atoms with Crippen LogP contribution in [-0.4, -0.2) is 58.0 Å². The van der Waals surface area contributed by atoms with E-state index in [9.17, 15) is 18.4 Å². The molecule has 1 heterocycles. The fourth-order valence-corrected chi connectivity index (χ4v) is 4.12. The Morgan fingerprint density at radius 1 is 1.20 bits per heavy atom. The summed E-state index contributed by atoms with van der Waals surface area (Å²) in [6.07, 6.45) is 1.15. The average molecular weight is 512 g/mol. The van der Waals surface area contributed by atoms with Gasteiger partial charge in [0.15, 0.2) is 15.7 Å². The number of primary amides is 1. The van der Waals surface area contributed by atoms with E-state index in [0.717, 1.165) is 16.3 Å². The maximum Gasteiger partial charge on any atom is 0.338 e. The lowest BCUT2D eigenvalue weighted by molar-refractivity contribution is -0.0335. The molecule has 1 aromatic heterocycles. The number of nitrogens with two attached hydrogens (primary N) is 1. The topological polar surface area (TPSA) is 131 Å². The molecule has 2 amide bonds. The van der Waals surface area contributed by atoms with Gasteiger partial charge in [0.2, 0.25) is 5.16 Å².